The molecule has 6 heteroatoms. The molecule has 1 aromatic heterocycles. The normalized spacial score (nSPS) is 16.2. The molecule has 0 bridgehead atoms. The molecule has 22 heavy (non-hydrogen) atoms. The number of nitrogens with zero attached hydrogens (tertiary/aromatic N) is 3. The summed E-state index contributed by atoms with van der Waals surface area (Å²) < 4.78 is 2.59. The first-order chi connectivity index (χ1) is 10.7. The van der Waals surface area contributed by atoms with Gasteiger partial charge in [-0.25, -0.2) is 0 Å². The van der Waals surface area contributed by atoms with Crippen LogP contribution in [0.15, 0.2) is 35.3 Å². The minimum absolute atomic E-state index is 0.0197. The maximum Gasteiger partial charge on any atom is 0.252 e. The van der Waals surface area contributed by atoms with E-state index in [1.807, 2.05) is 18.2 Å². The molecule has 3 rings (SSSR count). The summed E-state index contributed by atoms with van der Waals surface area (Å²) in [5.74, 6) is -0.0197. The smallest absolute Gasteiger partial charge is 0.252 e. The van der Waals surface area contributed by atoms with E-state index in [2.05, 4.69) is 31.4 Å². The number of benzene rings is 1. The highest BCUT2D eigenvalue weighted by atomic mass is 79.9. The Hall–Kier alpha value is -1.69. The van der Waals surface area contributed by atoms with Gasteiger partial charge in [-0.3, -0.25) is 9.36 Å². The molecule has 0 aliphatic heterocycles. The van der Waals surface area contributed by atoms with Crippen molar-refractivity contribution in [1.29, 1.82) is 0 Å². The Morgan fingerprint density at radius 2 is 1.82 bits per heavy atom. The number of halogens is 1. The van der Waals surface area contributed by atoms with E-state index in [9.17, 15) is 4.79 Å². The lowest BCUT2D eigenvalue weighted by atomic mass is 10.1. The van der Waals surface area contributed by atoms with Gasteiger partial charge in [-0.15, -0.1) is 10.2 Å². The molecule has 1 heterocycles. The van der Waals surface area contributed by atoms with Gasteiger partial charge in [-0.2, -0.15) is 0 Å². The second-order valence-electron chi connectivity index (χ2n) is 5.70. The van der Waals surface area contributed by atoms with Gasteiger partial charge in [0.2, 0.25) is 0 Å². The molecule has 1 aliphatic rings. The minimum Gasteiger partial charge on any atom is -0.349 e. The standard InChI is InChI=1S/C16H19BrN4O/c17-15-8-7-13(21-10-18-19-11-21)9-14(15)16(22)20-12-5-3-1-2-4-6-12/h7-12H,1-6H2,(H,20,22). The minimum atomic E-state index is -0.0197. The predicted molar refractivity (Wildman–Crippen MR) is 88.0 cm³/mol. The van der Waals surface area contributed by atoms with E-state index < -0.39 is 0 Å². The molecule has 116 valence electrons. The van der Waals surface area contributed by atoms with Gasteiger partial charge in [0, 0.05) is 16.2 Å². The van der Waals surface area contributed by atoms with Gasteiger partial charge in [0.1, 0.15) is 12.7 Å². The van der Waals surface area contributed by atoms with Crippen LogP contribution >= 0.6 is 15.9 Å². The van der Waals surface area contributed by atoms with Gasteiger partial charge in [-0.05, 0) is 47.0 Å². The van der Waals surface area contributed by atoms with Crippen molar-refractivity contribution in [2.24, 2.45) is 0 Å². The summed E-state index contributed by atoms with van der Waals surface area (Å²) in [5.41, 5.74) is 1.52. The van der Waals surface area contributed by atoms with Crippen LogP contribution in [-0.4, -0.2) is 26.7 Å². The van der Waals surface area contributed by atoms with Crippen molar-refractivity contribution >= 4 is 21.8 Å². The molecule has 5 nitrogen and oxygen atoms in total. The topological polar surface area (TPSA) is 59.8 Å². The Morgan fingerprint density at radius 3 is 2.50 bits per heavy atom. The van der Waals surface area contributed by atoms with Crippen LogP contribution in [-0.2, 0) is 0 Å². The molecule has 0 saturated heterocycles. The molecule has 1 N–H and O–H groups in total. The molecule has 0 atom stereocenters. The van der Waals surface area contributed by atoms with Crippen LogP contribution in [0.3, 0.4) is 0 Å². The first kappa shape index (κ1) is 15.2. The zero-order valence-corrected chi connectivity index (χ0v) is 13.9. The number of carbonyl (C=O) groups excluding carboxylic acids is 1. The lowest BCUT2D eigenvalue weighted by Gasteiger charge is -2.17. The van der Waals surface area contributed by atoms with Crippen LogP contribution in [0, 0.1) is 0 Å². The Bertz CT molecular complexity index is 634. The Kier molecular flexibility index (Phi) is 4.87. The predicted octanol–water partition coefficient (Wildman–Crippen LogP) is 3.48. The summed E-state index contributed by atoms with van der Waals surface area (Å²) in [5, 5.41) is 10.8. The zero-order valence-electron chi connectivity index (χ0n) is 12.3. The summed E-state index contributed by atoms with van der Waals surface area (Å²) in [6, 6.07) is 5.97. The average molecular weight is 363 g/mol. The van der Waals surface area contributed by atoms with Crippen LogP contribution in [0.1, 0.15) is 48.9 Å². The fraction of sp³-hybridized carbons (Fsp3) is 0.438. The number of hydrogen-bond donors (Lipinski definition) is 1. The molecule has 0 unspecified atom stereocenters. The fourth-order valence-electron chi connectivity index (χ4n) is 2.87. The van der Waals surface area contributed by atoms with E-state index in [-0.39, 0.29) is 5.91 Å². The second kappa shape index (κ2) is 7.05. The van der Waals surface area contributed by atoms with Crippen LogP contribution in [0.4, 0.5) is 0 Å². The lowest BCUT2D eigenvalue weighted by molar-refractivity contribution is 0.0932. The molecule has 1 aliphatic carbocycles. The summed E-state index contributed by atoms with van der Waals surface area (Å²) in [6.45, 7) is 0. The first-order valence-corrected chi connectivity index (χ1v) is 8.49. The fourth-order valence-corrected chi connectivity index (χ4v) is 3.30. The van der Waals surface area contributed by atoms with Crippen molar-refractivity contribution in [3.05, 3.63) is 40.9 Å². The number of rotatable bonds is 3. The maximum atomic E-state index is 12.6. The van der Waals surface area contributed by atoms with E-state index in [1.165, 1.54) is 25.7 Å². The van der Waals surface area contributed by atoms with E-state index in [1.54, 1.807) is 17.2 Å². The van der Waals surface area contributed by atoms with E-state index in [0.29, 0.717) is 11.6 Å². The van der Waals surface area contributed by atoms with Crippen molar-refractivity contribution in [2.45, 2.75) is 44.6 Å². The van der Waals surface area contributed by atoms with Gasteiger partial charge in [0.25, 0.3) is 5.91 Å². The molecule has 1 amide bonds. The zero-order chi connectivity index (χ0) is 15.4. The molecule has 1 saturated carbocycles. The van der Waals surface area contributed by atoms with Crippen LogP contribution < -0.4 is 5.32 Å². The van der Waals surface area contributed by atoms with Crippen molar-refractivity contribution in [3.63, 3.8) is 0 Å². The highest BCUT2D eigenvalue weighted by molar-refractivity contribution is 9.10. The maximum absolute atomic E-state index is 12.6. The van der Waals surface area contributed by atoms with Crippen molar-refractivity contribution < 1.29 is 4.79 Å². The third-order valence-electron chi connectivity index (χ3n) is 4.10. The van der Waals surface area contributed by atoms with Gasteiger partial charge in [-0.1, -0.05) is 25.7 Å². The monoisotopic (exact) mass is 362 g/mol. The van der Waals surface area contributed by atoms with Gasteiger partial charge in [0.15, 0.2) is 0 Å². The van der Waals surface area contributed by atoms with E-state index in [0.717, 1.165) is 23.0 Å². The van der Waals surface area contributed by atoms with Crippen LogP contribution in [0.25, 0.3) is 5.69 Å². The molecule has 1 fully saturated rings. The van der Waals surface area contributed by atoms with E-state index in [4.69, 9.17) is 0 Å². The quantitative estimate of drug-likeness (QED) is 0.850. The van der Waals surface area contributed by atoms with Gasteiger partial charge in [0.05, 0.1) is 5.56 Å². The van der Waals surface area contributed by atoms with Crippen molar-refractivity contribution in [3.8, 4) is 5.69 Å². The molecular weight excluding hydrogens is 344 g/mol. The van der Waals surface area contributed by atoms with Crippen LogP contribution in [0.2, 0.25) is 0 Å². The van der Waals surface area contributed by atoms with Crippen molar-refractivity contribution in [2.75, 3.05) is 0 Å². The third kappa shape index (κ3) is 3.55. The Morgan fingerprint density at radius 1 is 1.14 bits per heavy atom. The van der Waals surface area contributed by atoms with Crippen LogP contribution in [0.5, 0.6) is 0 Å². The molecule has 0 spiro atoms. The van der Waals surface area contributed by atoms with E-state index >= 15 is 0 Å². The molecular formula is C16H19BrN4O. The second-order valence-corrected chi connectivity index (χ2v) is 6.55. The molecule has 2 aromatic rings. The largest absolute Gasteiger partial charge is 0.349 e. The number of carbonyl (C=O) groups is 1. The first-order valence-electron chi connectivity index (χ1n) is 7.69. The highest BCUT2D eigenvalue weighted by Crippen LogP contribution is 2.22. The lowest BCUT2D eigenvalue weighted by Crippen LogP contribution is -2.34. The van der Waals surface area contributed by atoms with Crippen molar-refractivity contribution in [1.82, 2.24) is 20.1 Å². The SMILES string of the molecule is O=C(NC1CCCCCC1)c1cc(-n2cnnc2)ccc1Br. The number of nitrogens with one attached hydrogen (secondary N) is 1. The van der Waals surface area contributed by atoms with Gasteiger partial charge < -0.3 is 5.32 Å². The third-order valence-corrected chi connectivity index (χ3v) is 4.79. The Labute approximate surface area is 138 Å². The summed E-state index contributed by atoms with van der Waals surface area (Å²) in [4.78, 5) is 12.6. The van der Waals surface area contributed by atoms with Gasteiger partial charge >= 0.3 is 0 Å². The molecule has 0 radical (unpaired) electrons. The Balaban J connectivity index is 1.77. The molecule has 1 aromatic carbocycles. The summed E-state index contributed by atoms with van der Waals surface area (Å²) in [7, 11) is 0. The number of aromatic nitrogens is 3. The number of hydrogen-bond acceptors (Lipinski definition) is 3. The number of amides is 1. The summed E-state index contributed by atoms with van der Waals surface area (Å²) in [6.07, 6.45) is 10.4. The summed E-state index contributed by atoms with van der Waals surface area (Å²) >= 11 is 3.47. The highest BCUT2D eigenvalue weighted by Gasteiger charge is 2.18. The average Bonchev–Trinajstić information content (AvgIpc) is 2.93.